The van der Waals surface area contributed by atoms with Crippen LogP contribution in [-0.4, -0.2) is 34.7 Å². The Morgan fingerprint density at radius 2 is 1.85 bits per heavy atom. The van der Waals surface area contributed by atoms with Crippen molar-refractivity contribution in [3.05, 3.63) is 0 Å². The molecule has 76 valence electrons. The van der Waals surface area contributed by atoms with E-state index in [1.807, 2.05) is 0 Å². The van der Waals surface area contributed by atoms with Gasteiger partial charge < -0.3 is 5.11 Å². The number of piperidine rings is 1. The molecular formula is C11H21NO. The highest BCUT2D eigenvalue weighted by molar-refractivity contribution is 4.94. The monoisotopic (exact) mass is 183 g/mol. The third kappa shape index (κ3) is 1.75. The van der Waals surface area contributed by atoms with E-state index in [2.05, 4.69) is 25.7 Å². The van der Waals surface area contributed by atoms with E-state index >= 15 is 0 Å². The number of aliphatic hydroxyl groups excluding tert-OH is 1. The van der Waals surface area contributed by atoms with Gasteiger partial charge in [-0.15, -0.1) is 0 Å². The molecule has 0 unspecified atom stereocenters. The Labute approximate surface area is 80.9 Å². The first-order valence-electron chi connectivity index (χ1n) is 5.40. The first-order chi connectivity index (χ1) is 5.97. The van der Waals surface area contributed by atoms with E-state index < -0.39 is 0 Å². The van der Waals surface area contributed by atoms with Crippen molar-refractivity contribution in [2.75, 3.05) is 13.1 Å². The van der Waals surface area contributed by atoms with Gasteiger partial charge in [-0.2, -0.15) is 0 Å². The van der Waals surface area contributed by atoms with Crippen LogP contribution in [0.1, 0.15) is 33.6 Å². The topological polar surface area (TPSA) is 23.5 Å². The highest BCUT2D eigenvalue weighted by atomic mass is 16.3. The highest BCUT2D eigenvalue weighted by Crippen LogP contribution is 2.38. The Bertz CT molecular complexity index is 195. The summed E-state index contributed by atoms with van der Waals surface area (Å²) in [6.07, 6.45) is 2.28. The lowest BCUT2D eigenvalue weighted by atomic mass is 9.93. The molecule has 0 spiro atoms. The lowest BCUT2D eigenvalue weighted by Gasteiger charge is -2.41. The lowest BCUT2D eigenvalue weighted by Crippen LogP contribution is -2.48. The summed E-state index contributed by atoms with van der Waals surface area (Å²) < 4.78 is 0. The van der Waals surface area contributed by atoms with Gasteiger partial charge in [0, 0.05) is 18.6 Å². The van der Waals surface area contributed by atoms with Gasteiger partial charge in [-0.1, -0.05) is 0 Å². The molecule has 2 fully saturated rings. The molecule has 2 nitrogen and oxygen atoms in total. The third-order valence-corrected chi connectivity index (χ3v) is 3.64. The molecule has 2 bridgehead atoms. The van der Waals surface area contributed by atoms with Crippen molar-refractivity contribution < 1.29 is 5.11 Å². The van der Waals surface area contributed by atoms with Crippen LogP contribution in [0.15, 0.2) is 0 Å². The zero-order valence-corrected chi connectivity index (χ0v) is 8.95. The zero-order valence-electron chi connectivity index (χ0n) is 8.95. The van der Waals surface area contributed by atoms with Gasteiger partial charge in [0.05, 0.1) is 6.10 Å². The van der Waals surface area contributed by atoms with Gasteiger partial charge in [0.1, 0.15) is 0 Å². The van der Waals surface area contributed by atoms with Crippen LogP contribution in [-0.2, 0) is 0 Å². The summed E-state index contributed by atoms with van der Waals surface area (Å²) in [5.74, 6) is 1.31. The summed E-state index contributed by atoms with van der Waals surface area (Å²) >= 11 is 0. The average molecular weight is 183 g/mol. The minimum absolute atomic E-state index is 0.0163. The van der Waals surface area contributed by atoms with Crippen LogP contribution in [0.4, 0.5) is 0 Å². The van der Waals surface area contributed by atoms with Crippen molar-refractivity contribution in [2.45, 2.75) is 45.3 Å². The number of hydrogen-bond donors (Lipinski definition) is 1. The van der Waals surface area contributed by atoms with Crippen LogP contribution in [0, 0.1) is 11.8 Å². The summed E-state index contributed by atoms with van der Waals surface area (Å²) in [5, 5.41) is 9.76. The second-order valence-corrected chi connectivity index (χ2v) is 5.74. The number of likely N-dealkylation sites (tertiary alicyclic amines) is 1. The van der Waals surface area contributed by atoms with Gasteiger partial charge in [-0.3, -0.25) is 4.90 Å². The van der Waals surface area contributed by atoms with E-state index in [9.17, 15) is 5.11 Å². The number of fused-ring (bicyclic) bond motifs is 2. The molecule has 0 amide bonds. The maximum atomic E-state index is 9.76. The molecule has 0 aromatic rings. The van der Waals surface area contributed by atoms with Crippen LogP contribution in [0.3, 0.4) is 0 Å². The van der Waals surface area contributed by atoms with Crippen molar-refractivity contribution in [3.8, 4) is 0 Å². The van der Waals surface area contributed by atoms with Gasteiger partial charge in [-0.05, 0) is 45.4 Å². The predicted octanol–water partition coefficient (Wildman–Crippen LogP) is 1.49. The Balaban J connectivity index is 2.05. The van der Waals surface area contributed by atoms with Crippen LogP contribution < -0.4 is 0 Å². The van der Waals surface area contributed by atoms with Crippen LogP contribution in [0.2, 0.25) is 0 Å². The van der Waals surface area contributed by atoms with Gasteiger partial charge in [0.25, 0.3) is 0 Å². The molecule has 2 rings (SSSR count). The molecule has 2 aliphatic rings. The van der Waals surface area contributed by atoms with E-state index in [0.717, 1.165) is 18.9 Å². The Morgan fingerprint density at radius 3 is 2.38 bits per heavy atom. The number of hydrogen-bond acceptors (Lipinski definition) is 2. The van der Waals surface area contributed by atoms with Crippen molar-refractivity contribution in [2.24, 2.45) is 11.8 Å². The molecule has 0 aromatic heterocycles. The van der Waals surface area contributed by atoms with Gasteiger partial charge >= 0.3 is 0 Å². The predicted molar refractivity (Wildman–Crippen MR) is 53.5 cm³/mol. The summed E-state index contributed by atoms with van der Waals surface area (Å²) in [6.45, 7) is 9.09. The minimum Gasteiger partial charge on any atom is -0.393 e. The van der Waals surface area contributed by atoms with Crippen LogP contribution in [0.25, 0.3) is 0 Å². The Kier molecular flexibility index (Phi) is 2.16. The van der Waals surface area contributed by atoms with E-state index in [4.69, 9.17) is 0 Å². The van der Waals surface area contributed by atoms with Crippen molar-refractivity contribution in [3.63, 3.8) is 0 Å². The fourth-order valence-corrected chi connectivity index (χ4v) is 2.78. The van der Waals surface area contributed by atoms with Gasteiger partial charge in [0.15, 0.2) is 0 Å². The number of aliphatic hydroxyl groups is 1. The second kappa shape index (κ2) is 2.96. The SMILES string of the molecule is CC(C)(C)N1C[C@H]2C[C@@H](C1)[C@@H](O)C2. The van der Waals surface area contributed by atoms with Crippen molar-refractivity contribution in [1.82, 2.24) is 4.90 Å². The molecule has 1 heterocycles. The van der Waals surface area contributed by atoms with E-state index in [1.54, 1.807) is 0 Å². The van der Waals surface area contributed by atoms with E-state index in [0.29, 0.717) is 5.92 Å². The number of rotatable bonds is 0. The van der Waals surface area contributed by atoms with Gasteiger partial charge in [-0.25, -0.2) is 0 Å². The van der Waals surface area contributed by atoms with Crippen LogP contribution in [0.5, 0.6) is 0 Å². The second-order valence-electron chi connectivity index (χ2n) is 5.74. The number of nitrogens with zero attached hydrogens (tertiary/aromatic N) is 1. The average Bonchev–Trinajstić information content (AvgIpc) is 2.24. The molecule has 0 aromatic carbocycles. The lowest BCUT2D eigenvalue weighted by molar-refractivity contribution is 0.0514. The molecule has 1 saturated carbocycles. The standard InChI is InChI=1S/C11H21NO/c1-11(2,3)12-6-8-4-9(7-12)10(13)5-8/h8-10,13H,4-7H2,1-3H3/t8-,9-,10-/m0/s1. The molecule has 1 N–H and O–H groups in total. The minimum atomic E-state index is -0.0163. The summed E-state index contributed by atoms with van der Waals surface area (Å²) in [7, 11) is 0. The fraction of sp³-hybridized carbons (Fsp3) is 1.00. The Hall–Kier alpha value is -0.0800. The van der Waals surface area contributed by atoms with Crippen LogP contribution >= 0.6 is 0 Å². The highest BCUT2D eigenvalue weighted by Gasteiger charge is 2.41. The summed E-state index contributed by atoms with van der Waals surface area (Å²) in [4.78, 5) is 2.53. The summed E-state index contributed by atoms with van der Waals surface area (Å²) in [6, 6.07) is 0. The quantitative estimate of drug-likeness (QED) is 0.615. The Morgan fingerprint density at radius 1 is 1.15 bits per heavy atom. The fourth-order valence-electron chi connectivity index (χ4n) is 2.78. The first-order valence-corrected chi connectivity index (χ1v) is 5.40. The molecule has 1 saturated heterocycles. The molecule has 1 aliphatic carbocycles. The molecule has 2 heteroatoms. The maximum Gasteiger partial charge on any atom is 0.0583 e. The van der Waals surface area contributed by atoms with Crippen molar-refractivity contribution >= 4 is 0 Å². The molecular weight excluding hydrogens is 162 g/mol. The normalized spacial score (nSPS) is 41.1. The molecule has 3 atom stereocenters. The third-order valence-electron chi connectivity index (χ3n) is 3.64. The van der Waals surface area contributed by atoms with Gasteiger partial charge in [0.2, 0.25) is 0 Å². The van der Waals surface area contributed by atoms with E-state index in [-0.39, 0.29) is 11.6 Å². The zero-order chi connectivity index (χ0) is 9.64. The molecule has 13 heavy (non-hydrogen) atoms. The molecule has 0 radical (unpaired) electrons. The first kappa shape index (κ1) is 9.47. The van der Waals surface area contributed by atoms with Crippen molar-refractivity contribution in [1.29, 1.82) is 0 Å². The molecule has 1 aliphatic heterocycles. The maximum absolute atomic E-state index is 9.76. The van der Waals surface area contributed by atoms with E-state index in [1.165, 1.54) is 13.0 Å². The largest absolute Gasteiger partial charge is 0.393 e. The summed E-state index contributed by atoms with van der Waals surface area (Å²) in [5.41, 5.74) is 0.279. The smallest absolute Gasteiger partial charge is 0.0583 e.